The predicted molar refractivity (Wildman–Crippen MR) is 74.5 cm³/mol. The van der Waals surface area contributed by atoms with Crippen molar-refractivity contribution in [3.05, 3.63) is 31.9 Å². The molecule has 2 rings (SSSR count). The van der Waals surface area contributed by atoms with Crippen LogP contribution in [0.1, 0.15) is 30.5 Å². The van der Waals surface area contributed by atoms with Gasteiger partial charge >= 0.3 is 0 Å². The van der Waals surface area contributed by atoms with E-state index in [-0.39, 0.29) is 0 Å². The van der Waals surface area contributed by atoms with Gasteiger partial charge in [-0.1, -0.05) is 25.4 Å². The highest BCUT2D eigenvalue weighted by Gasteiger charge is 2.10. The summed E-state index contributed by atoms with van der Waals surface area (Å²) in [5.41, 5.74) is 0. The number of aromatic amines is 1. The van der Waals surface area contributed by atoms with Crippen molar-refractivity contribution < 1.29 is 0 Å². The second kappa shape index (κ2) is 5.33. The number of halogens is 1. The van der Waals surface area contributed by atoms with Gasteiger partial charge in [-0.15, -0.1) is 11.3 Å². The molecule has 0 radical (unpaired) electrons. The Morgan fingerprint density at radius 3 is 2.88 bits per heavy atom. The Balaban J connectivity index is 2.13. The Bertz CT molecular complexity index is 553. The Morgan fingerprint density at radius 1 is 1.53 bits per heavy atom. The average Bonchev–Trinajstić information content (AvgIpc) is 2.82. The molecule has 0 spiro atoms. The molecule has 0 bridgehead atoms. The van der Waals surface area contributed by atoms with Crippen molar-refractivity contribution in [3.63, 3.8) is 0 Å². The second-order valence-corrected chi connectivity index (χ2v) is 6.34. The largest absolute Gasteiger partial charge is 0.304 e. The molecule has 0 aliphatic heterocycles. The van der Waals surface area contributed by atoms with Gasteiger partial charge in [-0.3, -0.25) is 5.10 Å². The summed E-state index contributed by atoms with van der Waals surface area (Å²) in [5.74, 6) is 1.38. The number of thiophene rings is 1. The summed E-state index contributed by atoms with van der Waals surface area (Å²) >= 11 is 12.8. The van der Waals surface area contributed by atoms with Crippen molar-refractivity contribution in [2.24, 2.45) is 0 Å². The van der Waals surface area contributed by atoms with Gasteiger partial charge in [0.15, 0.2) is 4.77 Å². The van der Waals surface area contributed by atoms with Crippen molar-refractivity contribution in [1.29, 1.82) is 0 Å². The van der Waals surface area contributed by atoms with Crippen LogP contribution in [0.4, 0.5) is 0 Å². The van der Waals surface area contributed by atoms with Crippen LogP contribution < -0.4 is 0 Å². The standard InChI is InChI=1S/C11H14ClN3S2/c1-7(2)10-13-14-11(16)15(10)6-5-8-3-4-9(12)17-8/h3-4,7H,5-6H2,1-2H3,(H,14,16). The molecule has 0 saturated carbocycles. The fourth-order valence-electron chi connectivity index (χ4n) is 1.69. The zero-order valence-electron chi connectivity index (χ0n) is 9.74. The fourth-order valence-corrected chi connectivity index (χ4v) is 3.00. The molecule has 17 heavy (non-hydrogen) atoms. The molecular weight excluding hydrogens is 274 g/mol. The summed E-state index contributed by atoms with van der Waals surface area (Å²) in [4.78, 5) is 1.27. The summed E-state index contributed by atoms with van der Waals surface area (Å²) in [6.07, 6.45) is 0.935. The monoisotopic (exact) mass is 287 g/mol. The molecule has 0 aliphatic carbocycles. The molecule has 2 aromatic heterocycles. The number of hydrogen-bond acceptors (Lipinski definition) is 3. The van der Waals surface area contributed by atoms with E-state index in [9.17, 15) is 0 Å². The van der Waals surface area contributed by atoms with Crippen molar-refractivity contribution in [1.82, 2.24) is 14.8 Å². The van der Waals surface area contributed by atoms with Crippen molar-refractivity contribution in [3.8, 4) is 0 Å². The third-order valence-corrected chi connectivity index (χ3v) is 4.12. The van der Waals surface area contributed by atoms with Crippen LogP contribution in [-0.2, 0) is 13.0 Å². The first-order valence-electron chi connectivity index (χ1n) is 5.47. The Kier molecular flexibility index (Phi) is 4.01. The number of aryl methyl sites for hydroxylation is 1. The summed E-state index contributed by atoms with van der Waals surface area (Å²) < 4.78 is 3.59. The first-order chi connectivity index (χ1) is 8.08. The van der Waals surface area contributed by atoms with Gasteiger partial charge in [-0.05, 0) is 30.8 Å². The summed E-state index contributed by atoms with van der Waals surface area (Å²) in [7, 11) is 0. The molecule has 3 nitrogen and oxygen atoms in total. The van der Waals surface area contributed by atoms with Gasteiger partial charge in [0.25, 0.3) is 0 Å². The highest BCUT2D eigenvalue weighted by atomic mass is 35.5. The lowest BCUT2D eigenvalue weighted by Gasteiger charge is -2.07. The smallest absolute Gasteiger partial charge is 0.195 e. The number of nitrogens with zero attached hydrogens (tertiary/aromatic N) is 2. The van der Waals surface area contributed by atoms with Crippen LogP contribution in [0.25, 0.3) is 0 Å². The van der Waals surface area contributed by atoms with Crippen LogP contribution in [0.2, 0.25) is 4.34 Å². The van der Waals surface area contributed by atoms with E-state index in [1.807, 2.05) is 6.07 Å². The minimum atomic E-state index is 0.370. The Labute approximate surface area is 114 Å². The van der Waals surface area contributed by atoms with Crippen LogP contribution in [0.3, 0.4) is 0 Å². The summed E-state index contributed by atoms with van der Waals surface area (Å²) in [5, 5.41) is 7.11. The molecule has 0 saturated heterocycles. The Hall–Kier alpha value is -0.650. The molecule has 0 unspecified atom stereocenters. The molecule has 0 atom stereocenters. The maximum atomic E-state index is 5.91. The van der Waals surface area contributed by atoms with Gasteiger partial charge in [0.05, 0.1) is 4.34 Å². The maximum absolute atomic E-state index is 5.91. The number of nitrogens with one attached hydrogen (secondary N) is 1. The molecule has 0 fully saturated rings. The lowest BCUT2D eigenvalue weighted by atomic mass is 10.2. The minimum absolute atomic E-state index is 0.370. The maximum Gasteiger partial charge on any atom is 0.195 e. The van der Waals surface area contributed by atoms with Crippen LogP contribution in [-0.4, -0.2) is 14.8 Å². The van der Waals surface area contributed by atoms with Gasteiger partial charge in [0.1, 0.15) is 5.82 Å². The van der Waals surface area contributed by atoms with E-state index < -0.39 is 0 Å². The second-order valence-electron chi connectivity index (χ2n) is 4.15. The predicted octanol–water partition coefficient (Wildman–Crippen LogP) is 4.02. The summed E-state index contributed by atoms with van der Waals surface area (Å²) in [6.45, 7) is 5.08. The highest BCUT2D eigenvalue weighted by Crippen LogP contribution is 2.22. The minimum Gasteiger partial charge on any atom is -0.304 e. The van der Waals surface area contributed by atoms with Crippen molar-refractivity contribution in [2.45, 2.75) is 32.7 Å². The van der Waals surface area contributed by atoms with Crippen LogP contribution >= 0.6 is 35.2 Å². The molecule has 0 aliphatic rings. The van der Waals surface area contributed by atoms with E-state index in [0.717, 1.165) is 23.1 Å². The molecule has 0 amide bonds. The number of rotatable bonds is 4. The van der Waals surface area contributed by atoms with Gasteiger partial charge in [-0.25, -0.2) is 0 Å². The molecule has 2 aromatic rings. The fraction of sp³-hybridized carbons (Fsp3) is 0.455. The zero-order chi connectivity index (χ0) is 12.4. The average molecular weight is 288 g/mol. The van der Waals surface area contributed by atoms with E-state index in [2.05, 4.69) is 34.7 Å². The number of hydrogen-bond donors (Lipinski definition) is 1. The van der Waals surface area contributed by atoms with Crippen molar-refractivity contribution in [2.75, 3.05) is 0 Å². The third kappa shape index (κ3) is 2.97. The Morgan fingerprint density at radius 2 is 2.29 bits per heavy atom. The zero-order valence-corrected chi connectivity index (χ0v) is 12.1. The lowest BCUT2D eigenvalue weighted by molar-refractivity contribution is 0.617. The molecule has 92 valence electrons. The van der Waals surface area contributed by atoms with Gasteiger partial charge in [0, 0.05) is 17.3 Å². The topological polar surface area (TPSA) is 33.6 Å². The van der Waals surface area contributed by atoms with E-state index in [4.69, 9.17) is 23.8 Å². The van der Waals surface area contributed by atoms with Crippen LogP contribution in [0.15, 0.2) is 12.1 Å². The first-order valence-corrected chi connectivity index (χ1v) is 7.07. The third-order valence-electron chi connectivity index (χ3n) is 2.51. The van der Waals surface area contributed by atoms with E-state index in [1.54, 1.807) is 11.3 Å². The van der Waals surface area contributed by atoms with Crippen molar-refractivity contribution >= 4 is 35.2 Å². The molecular formula is C11H14ClN3S2. The van der Waals surface area contributed by atoms with Crippen LogP contribution in [0, 0.1) is 4.77 Å². The molecule has 6 heteroatoms. The van der Waals surface area contributed by atoms with E-state index in [0.29, 0.717) is 10.7 Å². The quantitative estimate of drug-likeness (QED) is 0.862. The van der Waals surface area contributed by atoms with Crippen LogP contribution in [0.5, 0.6) is 0 Å². The highest BCUT2D eigenvalue weighted by molar-refractivity contribution is 7.71. The van der Waals surface area contributed by atoms with E-state index >= 15 is 0 Å². The van der Waals surface area contributed by atoms with Gasteiger partial charge in [-0.2, -0.15) is 5.10 Å². The number of H-pyrrole nitrogens is 1. The molecule has 1 N–H and O–H groups in total. The van der Waals surface area contributed by atoms with Gasteiger partial charge < -0.3 is 4.57 Å². The van der Waals surface area contributed by atoms with Gasteiger partial charge in [0.2, 0.25) is 0 Å². The van der Waals surface area contributed by atoms with E-state index in [1.165, 1.54) is 4.88 Å². The first kappa shape index (κ1) is 12.8. The SMILES string of the molecule is CC(C)c1n[nH]c(=S)n1CCc1ccc(Cl)s1. The number of aromatic nitrogens is 3. The molecule has 0 aromatic carbocycles. The normalized spacial score (nSPS) is 11.3. The summed E-state index contributed by atoms with van der Waals surface area (Å²) in [6, 6.07) is 3.99. The lowest BCUT2D eigenvalue weighted by Crippen LogP contribution is -2.07. The molecule has 2 heterocycles.